The molecule has 0 radical (unpaired) electrons. The van der Waals surface area contributed by atoms with Gasteiger partial charge >= 0.3 is 0 Å². The van der Waals surface area contributed by atoms with Crippen molar-refractivity contribution in [3.63, 3.8) is 0 Å². The predicted molar refractivity (Wildman–Crippen MR) is 78.2 cm³/mol. The average Bonchev–Trinajstić information content (AvgIpc) is 2.78. The summed E-state index contributed by atoms with van der Waals surface area (Å²) in [7, 11) is 0. The van der Waals surface area contributed by atoms with E-state index in [9.17, 15) is 4.79 Å². The first-order chi connectivity index (χ1) is 9.67. The van der Waals surface area contributed by atoms with E-state index >= 15 is 0 Å². The van der Waals surface area contributed by atoms with Gasteiger partial charge in [-0.05, 0) is 18.8 Å². The number of carbonyl (C=O) groups is 1. The highest BCUT2D eigenvalue weighted by molar-refractivity contribution is 7.99. The molecule has 1 aliphatic rings. The standard InChI is InChI=1S/C14H18N4OS/c1-3-4-5-20-14-16-13-15-11-6-9(2)7-12(19)10(11)8-18(13)17-14/h8-9H,3-7H2,1-2H3/t9-/m0/s1. The lowest BCUT2D eigenvalue weighted by Crippen LogP contribution is -2.20. The number of aromatic nitrogens is 4. The van der Waals surface area contributed by atoms with Crippen molar-refractivity contribution in [3.05, 3.63) is 17.5 Å². The van der Waals surface area contributed by atoms with E-state index in [4.69, 9.17) is 0 Å². The fourth-order valence-electron chi connectivity index (χ4n) is 2.42. The van der Waals surface area contributed by atoms with Crippen molar-refractivity contribution in [1.82, 2.24) is 19.6 Å². The van der Waals surface area contributed by atoms with Crippen LogP contribution >= 0.6 is 11.8 Å². The molecule has 0 spiro atoms. The largest absolute Gasteiger partial charge is 0.294 e. The molecule has 0 amide bonds. The molecule has 0 unspecified atom stereocenters. The summed E-state index contributed by atoms with van der Waals surface area (Å²) >= 11 is 1.65. The molecule has 0 aliphatic heterocycles. The van der Waals surface area contributed by atoms with Gasteiger partial charge in [-0.3, -0.25) is 4.79 Å². The van der Waals surface area contributed by atoms with Gasteiger partial charge in [-0.2, -0.15) is 4.98 Å². The van der Waals surface area contributed by atoms with Crippen molar-refractivity contribution in [2.75, 3.05) is 5.75 Å². The summed E-state index contributed by atoms with van der Waals surface area (Å²) in [6.07, 6.45) is 5.57. The molecule has 2 aromatic rings. The van der Waals surface area contributed by atoms with E-state index in [-0.39, 0.29) is 5.78 Å². The van der Waals surface area contributed by atoms with Crippen molar-refractivity contribution in [3.8, 4) is 0 Å². The van der Waals surface area contributed by atoms with Gasteiger partial charge in [0, 0.05) is 18.4 Å². The number of rotatable bonds is 4. The molecule has 0 N–H and O–H groups in total. The molecule has 6 heteroatoms. The van der Waals surface area contributed by atoms with Gasteiger partial charge in [0.05, 0.1) is 11.3 Å². The fraction of sp³-hybridized carbons (Fsp3) is 0.571. The van der Waals surface area contributed by atoms with Gasteiger partial charge in [-0.1, -0.05) is 32.0 Å². The molecule has 0 aromatic carbocycles. The third-order valence-corrected chi connectivity index (χ3v) is 4.42. The molecule has 2 heterocycles. The summed E-state index contributed by atoms with van der Waals surface area (Å²) < 4.78 is 1.64. The first-order valence-electron chi connectivity index (χ1n) is 7.09. The number of carbonyl (C=O) groups excluding carboxylic acids is 1. The SMILES string of the molecule is CCCCSc1nc2nc3c(cn2n1)C(=O)C[C@@H](C)C3. The molecule has 0 saturated heterocycles. The number of hydrogen-bond acceptors (Lipinski definition) is 5. The second-order valence-electron chi connectivity index (χ2n) is 5.38. The van der Waals surface area contributed by atoms with Gasteiger partial charge < -0.3 is 0 Å². The zero-order valence-electron chi connectivity index (χ0n) is 11.8. The third kappa shape index (κ3) is 2.57. The quantitative estimate of drug-likeness (QED) is 0.640. The first-order valence-corrected chi connectivity index (χ1v) is 8.08. The molecule has 0 fully saturated rings. The number of fused-ring (bicyclic) bond motifs is 2. The monoisotopic (exact) mass is 290 g/mol. The van der Waals surface area contributed by atoms with Crippen LogP contribution < -0.4 is 0 Å². The molecule has 2 aromatic heterocycles. The normalized spacial score (nSPS) is 18.5. The average molecular weight is 290 g/mol. The second kappa shape index (κ2) is 5.52. The van der Waals surface area contributed by atoms with Crippen LogP contribution in [0, 0.1) is 5.92 Å². The molecule has 5 nitrogen and oxygen atoms in total. The van der Waals surface area contributed by atoms with E-state index in [1.165, 1.54) is 6.42 Å². The fourth-order valence-corrected chi connectivity index (χ4v) is 3.33. The van der Waals surface area contributed by atoms with Crippen LogP contribution in [0.5, 0.6) is 0 Å². The third-order valence-electron chi connectivity index (χ3n) is 3.50. The Kier molecular flexibility index (Phi) is 3.74. The predicted octanol–water partition coefficient (Wildman–Crippen LogP) is 2.78. The van der Waals surface area contributed by atoms with Crippen molar-refractivity contribution in [2.24, 2.45) is 5.92 Å². The summed E-state index contributed by atoms with van der Waals surface area (Å²) in [6, 6.07) is 0. The molecule has 1 aliphatic carbocycles. The summed E-state index contributed by atoms with van der Waals surface area (Å²) in [5, 5.41) is 5.14. The Labute approximate surface area is 122 Å². The maximum atomic E-state index is 12.1. The van der Waals surface area contributed by atoms with E-state index in [1.807, 2.05) is 0 Å². The van der Waals surface area contributed by atoms with Gasteiger partial charge in [0.2, 0.25) is 5.16 Å². The molecule has 3 rings (SSSR count). The minimum absolute atomic E-state index is 0.170. The van der Waals surface area contributed by atoms with E-state index < -0.39 is 0 Å². The zero-order chi connectivity index (χ0) is 14.1. The smallest absolute Gasteiger partial charge is 0.253 e. The highest BCUT2D eigenvalue weighted by atomic mass is 32.2. The molecule has 1 atom stereocenters. The number of hydrogen-bond donors (Lipinski definition) is 0. The van der Waals surface area contributed by atoms with Gasteiger partial charge in [-0.25, -0.2) is 9.50 Å². The van der Waals surface area contributed by atoms with E-state index in [2.05, 4.69) is 28.9 Å². The van der Waals surface area contributed by atoms with Crippen molar-refractivity contribution >= 4 is 23.3 Å². The Balaban J connectivity index is 1.93. The molecular weight excluding hydrogens is 272 g/mol. The maximum absolute atomic E-state index is 12.1. The Hall–Kier alpha value is -1.43. The number of unbranched alkanes of at least 4 members (excludes halogenated alkanes) is 1. The number of nitrogens with zero attached hydrogens (tertiary/aromatic N) is 4. The number of ketones is 1. The second-order valence-corrected chi connectivity index (χ2v) is 6.44. The minimum atomic E-state index is 0.170. The molecule has 0 saturated carbocycles. The van der Waals surface area contributed by atoms with E-state index in [0.29, 0.717) is 23.7 Å². The molecule has 20 heavy (non-hydrogen) atoms. The van der Waals surface area contributed by atoms with Gasteiger partial charge in [-0.15, -0.1) is 5.10 Å². The lowest BCUT2D eigenvalue weighted by molar-refractivity contribution is 0.0951. The lowest BCUT2D eigenvalue weighted by atomic mass is 9.88. The first kappa shape index (κ1) is 13.5. The zero-order valence-corrected chi connectivity index (χ0v) is 12.6. The topological polar surface area (TPSA) is 60.1 Å². The number of Topliss-reactive ketones (excluding diaryl/α,β-unsaturated/α-hetero) is 1. The summed E-state index contributed by atoms with van der Waals surface area (Å²) in [6.45, 7) is 4.25. The van der Waals surface area contributed by atoms with Crippen molar-refractivity contribution in [1.29, 1.82) is 0 Å². The van der Waals surface area contributed by atoms with Gasteiger partial charge in [0.25, 0.3) is 5.78 Å². The van der Waals surface area contributed by atoms with E-state index in [1.54, 1.807) is 22.5 Å². The molecule has 106 valence electrons. The van der Waals surface area contributed by atoms with Crippen LogP contribution in [0.3, 0.4) is 0 Å². The Bertz CT molecular complexity index is 652. The highest BCUT2D eigenvalue weighted by Gasteiger charge is 2.25. The van der Waals surface area contributed by atoms with E-state index in [0.717, 1.165) is 29.4 Å². The summed E-state index contributed by atoms with van der Waals surface area (Å²) in [5.41, 5.74) is 1.59. The molecule has 0 bridgehead atoms. The van der Waals surface area contributed by atoms with Crippen LogP contribution in [0.1, 0.15) is 49.2 Å². The Morgan fingerprint density at radius 1 is 1.40 bits per heavy atom. The van der Waals surface area contributed by atoms with Crippen molar-refractivity contribution in [2.45, 2.75) is 44.7 Å². The van der Waals surface area contributed by atoms with Crippen LogP contribution in [0.15, 0.2) is 11.4 Å². The van der Waals surface area contributed by atoms with Crippen LogP contribution in [-0.4, -0.2) is 31.1 Å². The van der Waals surface area contributed by atoms with Crippen LogP contribution in [-0.2, 0) is 6.42 Å². The van der Waals surface area contributed by atoms with Crippen molar-refractivity contribution < 1.29 is 4.79 Å². The van der Waals surface area contributed by atoms with Crippen LogP contribution in [0.25, 0.3) is 5.78 Å². The maximum Gasteiger partial charge on any atom is 0.253 e. The van der Waals surface area contributed by atoms with Gasteiger partial charge in [0.15, 0.2) is 5.78 Å². The minimum Gasteiger partial charge on any atom is -0.294 e. The van der Waals surface area contributed by atoms with Crippen LogP contribution in [0.2, 0.25) is 0 Å². The Morgan fingerprint density at radius 2 is 2.25 bits per heavy atom. The Morgan fingerprint density at radius 3 is 3.05 bits per heavy atom. The highest BCUT2D eigenvalue weighted by Crippen LogP contribution is 2.24. The summed E-state index contributed by atoms with van der Waals surface area (Å²) in [4.78, 5) is 21.0. The molecular formula is C14H18N4OS. The lowest BCUT2D eigenvalue weighted by Gasteiger charge is -2.18. The number of thioether (sulfide) groups is 1. The summed E-state index contributed by atoms with van der Waals surface area (Å²) in [5.74, 6) is 2.16. The van der Waals surface area contributed by atoms with Crippen LogP contribution in [0.4, 0.5) is 0 Å². The van der Waals surface area contributed by atoms with Gasteiger partial charge in [0.1, 0.15) is 0 Å².